The fraction of sp³-hybridized carbons (Fsp3) is 0.706. The van der Waals surface area contributed by atoms with E-state index in [2.05, 4.69) is 0 Å². The van der Waals surface area contributed by atoms with Crippen LogP contribution in [0.15, 0.2) is 0 Å². The maximum atomic E-state index is 11.6. The van der Waals surface area contributed by atoms with Crippen molar-refractivity contribution in [3.8, 4) is 0 Å². The summed E-state index contributed by atoms with van der Waals surface area (Å²) in [5, 5.41) is 10.3. The zero-order valence-electron chi connectivity index (χ0n) is 16.6. The van der Waals surface area contributed by atoms with Gasteiger partial charge in [-0.05, 0) is 0 Å². The Balaban J connectivity index is 3.34. The lowest BCUT2D eigenvalue weighted by Crippen LogP contribution is -2.64. The Morgan fingerprint density at radius 3 is 1.69 bits per heavy atom. The van der Waals surface area contributed by atoms with E-state index in [0.717, 1.165) is 34.6 Å². The highest BCUT2D eigenvalue weighted by Crippen LogP contribution is 2.30. The minimum Gasteiger partial charge on any atom is -0.462 e. The Hall–Kier alpha value is -2.73. The molecule has 0 aromatic carbocycles. The summed E-state index contributed by atoms with van der Waals surface area (Å²) < 4.78 is 30.5. The molecule has 164 valence electrons. The van der Waals surface area contributed by atoms with Crippen LogP contribution < -0.4 is 0 Å². The molecule has 1 N–H and O–H groups in total. The van der Waals surface area contributed by atoms with Crippen molar-refractivity contribution in [2.75, 3.05) is 6.61 Å². The van der Waals surface area contributed by atoms with Crippen molar-refractivity contribution in [1.29, 1.82) is 0 Å². The summed E-state index contributed by atoms with van der Waals surface area (Å²) in [6, 6.07) is 0. The van der Waals surface area contributed by atoms with Crippen LogP contribution in [0.2, 0.25) is 0 Å². The highest BCUT2D eigenvalue weighted by Gasteiger charge is 2.54. The predicted octanol–water partition coefficient (Wildman–Crippen LogP) is -1.01. The summed E-state index contributed by atoms with van der Waals surface area (Å²) in [6.45, 7) is 4.84. The molecule has 0 aromatic heterocycles. The topological polar surface area (TPSA) is 161 Å². The minimum absolute atomic E-state index is 0.505. The second-order valence-electron chi connectivity index (χ2n) is 6.16. The Morgan fingerprint density at radius 1 is 0.759 bits per heavy atom. The van der Waals surface area contributed by atoms with Crippen molar-refractivity contribution in [3.05, 3.63) is 0 Å². The van der Waals surface area contributed by atoms with Gasteiger partial charge in [0.05, 0.1) is 0 Å². The van der Waals surface area contributed by atoms with Gasteiger partial charge >= 0.3 is 29.8 Å². The fourth-order valence-electron chi connectivity index (χ4n) is 2.73. The first kappa shape index (κ1) is 24.3. The molecule has 1 aliphatic rings. The molecule has 0 bridgehead atoms. The molecular formula is C17H24O12. The van der Waals surface area contributed by atoms with Gasteiger partial charge in [0.2, 0.25) is 0 Å². The van der Waals surface area contributed by atoms with E-state index in [0.29, 0.717) is 0 Å². The van der Waals surface area contributed by atoms with E-state index >= 15 is 0 Å². The molecule has 1 heterocycles. The number of aliphatic hydroxyl groups excluding tert-OH is 1. The number of hydrogen-bond donors (Lipinski definition) is 1. The Morgan fingerprint density at radius 2 is 1.24 bits per heavy atom. The Kier molecular flexibility index (Phi) is 8.98. The van der Waals surface area contributed by atoms with Crippen LogP contribution in [0.4, 0.5) is 0 Å². The maximum absolute atomic E-state index is 11.6. The van der Waals surface area contributed by atoms with Gasteiger partial charge in [-0.2, -0.15) is 0 Å². The number of hydrogen-bond acceptors (Lipinski definition) is 12. The first-order chi connectivity index (χ1) is 13.4. The summed E-state index contributed by atoms with van der Waals surface area (Å²) >= 11 is 0. The third-order valence-corrected chi connectivity index (χ3v) is 3.59. The van der Waals surface area contributed by atoms with E-state index in [1.54, 1.807) is 0 Å². The average Bonchev–Trinajstić information content (AvgIpc) is 2.55. The number of rotatable bonds is 7. The quantitative estimate of drug-likeness (QED) is 0.395. The van der Waals surface area contributed by atoms with Gasteiger partial charge in [-0.3, -0.25) is 24.0 Å². The minimum atomic E-state index is -1.84. The van der Waals surface area contributed by atoms with Crippen LogP contribution in [0.5, 0.6) is 0 Å². The van der Waals surface area contributed by atoms with Crippen LogP contribution in [0.1, 0.15) is 34.6 Å². The molecule has 0 aromatic rings. The predicted molar refractivity (Wildman–Crippen MR) is 89.7 cm³/mol. The van der Waals surface area contributed by atoms with Crippen molar-refractivity contribution < 1.29 is 57.5 Å². The maximum Gasteiger partial charge on any atom is 0.303 e. The molecule has 0 saturated carbocycles. The zero-order chi connectivity index (χ0) is 22.3. The van der Waals surface area contributed by atoms with Gasteiger partial charge in [0.25, 0.3) is 0 Å². The lowest BCUT2D eigenvalue weighted by Gasteiger charge is -2.44. The molecule has 0 aliphatic carbocycles. The number of esters is 5. The van der Waals surface area contributed by atoms with Gasteiger partial charge < -0.3 is 33.5 Å². The van der Waals surface area contributed by atoms with Crippen molar-refractivity contribution in [2.45, 2.75) is 71.4 Å². The first-order valence-corrected chi connectivity index (χ1v) is 8.58. The van der Waals surface area contributed by atoms with E-state index < -0.39 is 73.3 Å². The van der Waals surface area contributed by atoms with Gasteiger partial charge in [-0.25, -0.2) is 0 Å². The summed E-state index contributed by atoms with van der Waals surface area (Å²) in [5.41, 5.74) is 0. The molecule has 12 nitrogen and oxygen atoms in total. The third-order valence-electron chi connectivity index (χ3n) is 3.59. The molecule has 1 saturated heterocycles. The second kappa shape index (κ2) is 10.7. The summed E-state index contributed by atoms with van der Waals surface area (Å²) in [5.74, 6) is -3.97. The summed E-state index contributed by atoms with van der Waals surface area (Å²) in [7, 11) is 0. The molecule has 1 aliphatic heterocycles. The normalized spacial score (nSPS) is 27.2. The lowest BCUT2D eigenvalue weighted by atomic mass is 9.94. The second-order valence-corrected chi connectivity index (χ2v) is 6.16. The number of aliphatic hydroxyl groups is 1. The van der Waals surface area contributed by atoms with Gasteiger partial charge in [0, 0.05) is 34.6 Å². The van der Waals surface area contributed by atoms with Crippen molar-refractivity contribution in [1.82, 2.24) is 0 Å². The average molecular weight is 420 g/mol. The molecule has 1 fully saturated rings. The molecular weight excluding hydrogens is 396 g/mol. The largest absolute Gasteiger partial charge is 0.462 e. The van der Waals surface area contributed by atoms with Crippen LogP contribution in [-0.4, -0.2) is 78.4 Å². The van der Waals surface area contributed by atoms with Crippen molar-refractivity contribution in [3.63, 3.8) is 0 Å². The summed E-state index contributed by atoms with van der Waals surface area (Å²) in [4.78, 5) is 57.2. The molecule has 12 heteroatoms. The van der Waals surface area contributed by atoms with E-state index in [9.17, 15) is 29.1 Å². The van der Waals surface area contributed by atoms with Crippen molar-refractivity contribution in [2.24, 2.45) is 0 Å². The smallest absolute Gasteiger partial charge is 0.303 e. The lowest BCUT2D eigenvalue weighted by molar-refractivity contribution is -0.306. The monoisotopic (exact) mass is 420 g/mol. The molecule has 0 radical (unpaired) electrons. The van der Waals surface area contributed by atoms with E-state index in [-0.39, 0.29) is 0 Å². The SMILES string of the molecule is CC(=O)OC[C@@H](OC(C)=O)[C@@H]1O[C@H](O)[C@@H](OC(C)=O)[C@H](OC(C)=O)[C@@H]1OC(C)=O. The van der Waals surface area contributed by atoms with E-state index in [4.69, 9.17) is 28.4 Å². The van der Waals surface area contributed by atoms with Gasteiger partial charge in [-0.1, -0.05) is 0 Å². The molecule has 0 amide bonds. The van der Waals surface area contributed by atoms with Crippen molar-refractivity contribution >= 4 is 29.8 Å². The van der Waals surface area contributed by atoms with E-state index in [1.807, 2.05) is 0 Å². The molecule has 6 atom stereocenters. The standard InChI is InChI=1S/C17H24O12/c1-7(18)24-6-12(25-8(2)19)13-14(26-9(3)20)15(27-10(4)21)16(17(23)29-13)28-11(5)22/h12-17,23H,6H2,1-5H3/t12-,13+,14-,15-,16+,17+/m1/s1. The van der Waals surface area contributed by atoms with Crippen LogP contribution in [-0.2, 0) is 52.4 Å². The Labute approximate surface area is 166 Å². The first-order valence-electron chi connectivity index (χ1n) is 8.58. The summed E-state index contributed by atoms with van der Waals surface area (Å²) in [6.07, 6.45) is -9.10. The van der Waals surface area contributed by atoms with Crippen LogP contribution >= 0.6 is 0 Å². The Bertz CT molecular complexity index is 644. The van der Waals surface area contributed by atoms with Crippen LogP contribution in [0.3, 0.4) is 0 Å². The van der Waals surface area contributed by atoms with E-state index in [1.165, 1.54) is 0 Å². The number of ether oxygens (including phenoxy) is 6. The highest BCUT2D eigenvalue weighted by molar-refractivity contribution is 5.69. The molecule has 0 unspecified atom stereocenters. The fourth-order valence-corrected chi connectivity index (χ4v) is 2.73. The molecule has 0 spiro atoms. The highest BCUT2D eigenvalue weighted by atomic mass is 16.7. The number of carbonyl (C=O) groups excluding carboxylic acids is 5. The van der Waals surface area contributed by atoms with Crippen LogP contribution in [0, 0.1) is 0 Å². The van der Waals surface area contributed by atoms with Gasteiger partial charge in [-0.15, -0.1) is 0 Å². The van der Waals surface area contributed by atoms with Crippen LogP contribution in [0.25, 0.3) is 0 Å². The zero-order valence-corrected chi connectivity index (χ0v) is 16.6. The number of carbonyl (C=O) groups is 5. The van der Waals surface area contributed by atoms with Gasteiger partial charge in [0.15, 0.2) is 30.7 Å². The molecule has 1 rings (SSSR count). The molecule has 29 heavy (non-hydrogen) atoms. The van der Waals surface area contributed by atoms with Gasteiger partial charge in [0.1, 0.15) is 12.7 Å². The third kappa shape index (κ3) is 7.66.